The van der Waals surface area contributed by atoms with Gasteiger partial charge in [0.05, 0.1) is 11.6 Å². The van der Waals surface area contributed by atoms with Gasteiger partial charge in [0.2, 0.25) is 0 Å². The molecule has 1 aliphatic carbocycles. The molecule has 1 nitrogen and oxygen atoms in total. The van der Waals surface area contributed by atoms with Crippen LogP contribution in [0.3, 0.4) is 0 Å². The van der Waals surface area contributed by atoms with Gasteiger partial charge in [-0.05, 0) is 73.5 Å². The van der Waals surface area contributed by atoms with E-state index < -0.39 is 0 Å². The molecule has 6 rings (SSSR count). The number of hydrogen-bond donors (Lipinski definition) is 0. The van der Waals surface area contributed by atoms with Crippen molar-refractivity contribution in [1.82, 2.24) is 0 Å². The molecule has 0 atom stereocenters. The fourth-order valence-corrected chi connectivity index (χ4v) is 4.69. The number of nitriles is 1. The summed E-state index contributed by atoms with van der Waals surface area (Å²) >= 11 is 0. The molecule has 138 valence electrons. The van der Waals surface area contributed by atoms with Gasteiger partial charge in [-0.15, -0.1) is 0 Å². The normalized spacial score (nSPS) is 11.3. The predicted octanol–water partition coefficient (Wildman–Crippen LogP) is 7.69. The van der Waals surface area contributed by atoms with Gasteiger partial charge in [-0.2, -0.15) is 5.26 Å². The molecule has 30 heavy (non-hydrogen) atoms. The van der Waals surface area contributed by atoms with Gasteiger partial charge >= 0.3 is 0 Å². The quantitative estimate of drug-likeness (QED) is 0.302. The molecule has 0 bridgehead atoms. The lowest BCUT2D eigenvalue weighted by molar-refractivity contribution is 1.48. The summed E-state index contributed by atoms with van der Waals surface area (Å²) in [6.45, 7) is 0. The standard InChI is InChI=1S/C29H17N/c30-18-19-6-3-7-20(16-19)21-8-4-9-22(17-21)23-14-15-28-25-11-2-1-10-24(25)27-13-5-12-26(23)29(27)28/h1-17H. The first-order chi connectivity index (χ1) is 14.8. The Morgan fingerprint density at radius 2 is 1.07 bits per heavy atom. The second kappa shape index (κ2) is 6.44. The average Bonchev–Trinajstić information content (AvgIpc) is 3.15. The molecule has 5 aromatic rings. The fraction of sp³-hybridized carbons (Fsp3) is 0. The molecule has 0 fully saturated rings. The van der Waals surface area contributed by atoms with Gasteiger partial charge in [0.15, 0.2) is 0 Å². The average molecular weight is 379 g/mol. The molecule has 0 saturated heterocycles. The van der Waals surface area contributed by atoms with Crippen molar-refractivity contribution in [1.29, 1.82) is 5.26 Å². The lowest BCUT2D eigenvalue weighted by Gasteiger charge is -2.11. The Morgan fingerprint density at radius 3 is 1.87 bits per heavy atom. The van der Waals surface area contributed by atoms with E-state index in [9.17, 15) is 5.26 Å². The Labute approximate surface area is 175 Å². The summed E-state index contributed by atoms with van der Waals surface area (Å²) in [7, 11) is 0. The zero-order valence-electron chi connectivity index (χ0n) is 16.3. The van der Waals surface area contributed by atoms with Crippen LogP contribution < -0.4 is 0 Å². The summed E-state index contributed by atoms with van der Waals surface area (Å²) in [6.07, 6.45) is 0. The van der Waals surface area contributed by atoms with Crippen molar-refractivity contribution in [2.75, 3.05) is 0 Å². The molecular weight excluding hydrogens is 362 g/mol. The fourth-order valence-electron chi connectivity index (χ4n) is 4.69. The summed E-state index contributed by atoms with van der Waals surface area (Å²) in [5, 5.41) is 11.9. The number of benzene rings is 5. The highest BCUT2D eigenvalue weighted by atomic mass is 14.3. The molecule has 0 radical (unpaired) electrons. The molecule has 0 amide bonds. The highest BCUT2D eigenvalue weighted by Crippen LogP contribution is 2.49. The third-order valence-electron chi connectivity index (χ3n) is 6.05. The van der Waals surface area contributed by atoms with E-state index in [1.807, 2.05) is 18.2 Å². The van der Waals surface area contributed by atoms with Crippen molar-refractivity contribution in [2.45, 2.75) is 0 Å². The zero-order valence-corrected chi connectivity index (χ0v) is 16.3. The molecule has 0 saturated carbocycles. The van der Waals surface area contributed by atoms with Crippen LogP contribution in [-0.4, -0.2) is 0 Å². The van der Waals surface area contributed by atoms with E-state index in [2.05, 4.69) is 91.0 Å². The van der Waals surface area contributed by atoms with Crippen LogP contribution in [0.1, 0.15) is 5.56 Å². The molecule has 5 aromatic carbocycles. The van der Waals surface area contributed by atoms with Crippen molar-refractivity contribution < 1.29 is 0 Å². The van der Waals surface area contributed by atoms with Crippen LogP contribution in [0.5, 0.6) is 0 Å². The van der Waals surface area contributed by atoms with E-state index in [0.29, 0.717) is 5.56 Å². The molecule has 0 aliphatic heterocycles. The molecule has 0 spiro atoms. The highest BCUT2D eigenvalue weighted by Gasteiger charge is 2.22. The van der Waals surface area contributed by atoms with Crippen molar-refractivity contribution in [3.8, 4) is 50.6 Å². The van der Waals surface area contributed by atoms with Crippen molar-refractivity contribution in [2.24, 2.45) is 0 Å². The predicted molar refractivity (Wildman–Crippen MR) is 124 cm³/mol. The molecule has 1 heteroatoms. The Balaban J connectivity index is 1.56. The van der Waals surface area contributed by atoms with Crippen molar-refractivity contribution in [3.05, 3.63) is 109 Å². The Morgan fingerprint density at radius 1 is 0.467 bits per heavy atom. The van der Waals surface area contributed by atoms with Gasteiger partial charge in [0.25, 0.3) is 0 Å². The Bertz CT molecular complexity index is 1470. The van der Waals surface area contributed by atoms with E-state index in [1.165, 1.54) is 44.2 Å². The SMILES string of the molecule is N#Cc1cccc(-c2cccc(-c3ccc4c5c(cccc35)-c3ccccc3-4)c2)c1. The van der Waals surface area contributed by atoms with Gasteiger partial charge in [0.1, 0.15) is 0 Å². The van der Waals surface area contributed by atoms with Crippen LogP contribution in [0.2, 0.25) is 0 Å². The van der Waals surface area contributed by atoms with E-state index in [4.69, 9.17) is 0 Å². The first-order valence-electron chi connectivity index (χ1n) is 10.1. The van der Waals surface area contributed by atoms with Crippen LogP contribution >= 0.6 is 0 Å². The molecular formula is C29H17N. The topological polar surface area (TPSA) is 23.8 Å². The van der Waals surface area contributed by atoms with Gasteiger partial charge in [-0.1, -0.05) is 84.9 Å². The van der Waals surface area contributed by atoms with Gasteiger partial charge in [0, 0.05) is 0 Å². The van der Waals surface area contributed by atoms with Crippen LogP contribution in [0, 0.1) is 11.3 Å². The van der Waals surface area contributed by atoms with E-state index in [0.717, 1.165) is 11.1 Å². The highest BCUT2D eigenvalue weighted by molar-refractivity contribution is 6.18. The summed E-state index contributed by atoms with van der Waals surface area (Å²) in [5.41, 5.74) is 10.6. The second-order valence-electron chi connectivity index (χ2n) is 7.71. The molecule has 1 aliphatic rings. The van der Waals surface area contributed by atoms with Gasteiger partial charge < -0.3 is 0 Å². The van der Waals surface area contributed by atoms with Crippen LogP contribution in [0.15, 0.2) is 103 Å². The first-order valence-corrected chi connectivity index (χ1v) is 10.1. The molecule has 0 N–H and O–H groups in total. The van der Waals surface area contributed by atoms with E-state index >= 15 is 0 Å². The minimum absolute atomic E-state index is 0.681. The third kappa shape index (κ3) is 2.41. The smallest absolute Gasteiger partial charge is 0.0991 e. The molecule has 0 aromatic heterocycles. The number of fused-ring (bicyclic) bond motifs is 3. The van der Waals surface area contributed by atoms with Gasteiger partial charge in [-0.25, -0.2) is 0 Å². The van der Waals surface area contributed by atoms with Crippen molar-refractivity contribution >= 4 is 10.8 Å². The van der Waals surface area contributed by atoms with Crippen LogP contribution in [0.4, 0.5) is 0 Å². The summed E-state index contributed by atoms with van der Waals surface area (Å²) in [6, 6.07) is 38.4. The third-order valence-corrected chi connectivity index (χ3v) is 6.05. The van der Waals surface area contributed by atoms with Crippen LogP contribution in [-0.2, 0) is 0 Å². The zero-order chi connectivity index (χ0) is 20.1. The maximum absolute atomic E-state index is 9.24. The number of rotatable bonds is 2. The number of nitrogens with zero attached hydrogens (tertiary/aromatic N) is 1. The monoisotopic (exact) mass is 379 g/mol. The van der Waals surface area contributed by atoms with Gasteiger partial charge in [-0.3, -0.25) is 0 Å². The summed E-state index contributed by atoms with van der Waals surface area (Å²) < 4.78 is 0. The lowest BCUT2D eigenvalue weighted by Crippen LogP contribution is -1.85. The van der Waals surface area contributed by atoms with E-state index in [1.54, 1.807) is 0 Å². The maximum atomic E-state index is 9.24. The Kier molecular flexibility index (Phi) is 3.60. The minimum atomic E-state index is 0.681. The lowest BCUT2D eigenvalue weighted by atomic mass is 9.92. The second-order valence-corrected chi connectivity index (χ2v) is 7.71. The molecule has 0 unspecified atom stereocenters. The van der Waals surface area contributed by atoms with E-state index in [-0.39, 0.29) is 0 Å². The van der Waals surface area contributed by atoms with Crippen LogP contribution in [0.25, 0.3) is 55.3 Å². The maximum Gasteiger partial charge on any atom is 0.0991 e. The first kappa shape index (κ1) is 16.8. The summed E-state index contributed by atoms with van der Waals surface area (Å²) in [5.74, 6) is 0. The largest absolute Gasteiger partial charge is 0.192 e. The summed E-state index contributed by atoms with van der Waals surface area (Å²) in [4.78, 5) is 0. The number of hydrogen-bond acceptors (Lipinski definition) is 1. The van der Waals surface area contributed by atoms with Crippen molar-refractivity contribution in [3.63, 3.8) is 0 Å². The Hall–Kier alpha value is -4.15. The molecule has 0 heterocycles. The minimum Gasteiger partial charge on any atom is -0.192 e.